The van der Waals surface area contributed by atoms with Crippen LogP contribution in [-0.2, 0) is 16.7 Å². The summed E-state index contributed by atoms with van der Waals surface area (Å²) in [7, 11) is 2.17. The molecule has 1 aromatic heterocycles. The number of rotatable bonds is 6. The van der Waals surface area contributed by atoms with Crippen LogP contribution >= 0.6 is 11.9 Å². The van der Waals surface area contributed by atoms with E-state index < -0.39 is 0 Å². The number of ether oxygens (including phenoxy) is 1. The van der Waals surface area contributed by atoms with Gasteiger partial charge in [0.2, 0.25) is 0 Å². The molecular weight excluding hydrogens is 354 g/mol. The lowest BCUT2D eigenvalue weighted by Crippen LogP contribution is -2.25. The molecule has 1 fully saturated rings. The second-order valence-corrected chi connectivity index (χ2v) is 10.6. The third-order valence-corrected chi connectivity index (χ3v) is 5.98. The molecule has 0 atom stereocenters. The van der Waals surface area contributed by atoms with E-state index >= 15 is 0 Å². The smallest absolute Gasteiger partial charge is 0.115 e. The molecule has 27 heavy (non-hydrogen) atoms. The molecule has 0 aliphatic carbocycles. The van der Waals surface area contributed by atoms with Gasteiger partial charge in [0.15, 0.2) is 0 Å². The first-order valence-electron chi connectivity index (χ1n) is 10.2. The Bertz CT molecular complexity index is 757. The van der Waals surface area contributed by atoms with Crippen LogP contribution in [0, 0.1) is 11.8 Å². The second kappa shape index (κ2) is 8.54. The van der Waals surface area contributed by atoms with Crippen molar-refractivity contribution >= 4 is 23.0 Å². The third kappa shape index (κ3) is 5.27. The molecule has 1 aliphatic heterocycles. The Morgan fingerprint density at radius 3 is 2.59 bits per heavy atom. The van der Waals surface area contributed by atoms with Gasteiger partial charge in [-0.3, -0.25) is 0 Å². The minimum Gasteiger partial charge on any atom is -0.381 e. The van der Waals surface area contributed by atoms with Crippen molar-refractivity contribution in [2.75, 3.05) is 26.8 Å². The average molecular weight is 390 g/mol. The molecule has 1 aliphatic rings. The Kier molecular flexibility index (Phi) is 6.54. The van der Waals surface area contributed by atoms with E-state index in [0.29, 0.717) is 11.8 Å². The lowest BCUT2D eigenvalue weighted by Gasteiger charge is -2.26. The summed E-state index contributed by atoms with van der Waals surface area (Å²) in [5.41, 5.74) is 2.42. The minimum atomic E-state index is 0.0337. The van der Waals surface area contributed by atoms with E-state index in [1.165, 1.54) is 16.2 Å². The highest BCUT2D eigenvalue weighted by Gasteiger charge is 2.25. The van der Waals surface area contributed by atoms with Crippen molar-refractivity contribution in [1.82, 2.24) is 13.9 Å². The van der Waals surface area contributed by atoms with Gasteiger partial charge in [-0.05, 0) is 61.9 Å². The van der Waals surface area contributed by atoms with Gasteiger partial charge in [-0.15, -0.1) is 0 Å². The van der Waals surface area contributed by atoms with Gasteiger partial charge in [0, 0.05) is 36.6 Å². The van der Waals surface area contributed by atoms with Gasteiger partial charge in [0.1, 0.15) is 5.82 Å². The highest BCUT2D eigenvalue weighted by Crippen LogP contribution is 2.32. The third-order valence-electron chi connectivity index (χ3n) is 5.06. The standard InChI is InChI=1S/C22H35N3OS/c1-16(2)14-24(6)27-18-7-8-20-19(13-18)23-21(22(3,4)5)25(20)15-17-9-11-26-12-10-17/h7-8,13,16-17H,9-12,14-15H2,1-6H3. The number of hydrogen-bond acceptors (Lipinski definition) is 4. The zero-order valence-corrected chi connectivity index (χ0v) is 18.6. The molecule has 0 amide bonds. The Balaban J connectivity index is 1.90. The van der Waals surface area contributed by atoms with E-state index in [2.05, 4.69) is 68.7 Å². The van der Waals surface area contributed by atoms with Gasteiger partial charge >= 0.3 is 0 Å². The van der Waals surface area contributed by atoms with E-state index in [1.54, 1.807) is 0 Å². The van der Waals surface area contributed by atoms with Gasteiger partial charge in [0.25, 0.3) is 0 Å². The Morgan fingerprint density at radius 1 is 1.26 bits per heavy atom. The molecule has 5 heteroatoms. The van der Waals surface area contributed by atoms with Gasteiger partial charge in [-0.1, -0.05) is 34.6 Å². The van der Waals surface area contributed by atoms with Crippen molar-refractivity contribution in [1.29, 1.82) is 0 Å². The van der Waals surface area contributed by atoms with Crippen LogP contribution in [0.25, 0.3) is 11.0 Å². The molecule has 0 unspecified atom stereocenters. The maximum Gasteiger partial charge on any atom is 0.115 e. The lowest BCUT2D eigenvalue weighted by atomic mass is 9.94. The predicted molar refractivity (Wildman–Crippen MR) is 115 cm³/mol. The Hall–Kier alpha value is -1.04. The summed E-state index contributed by atoms with van der Waals surface area (Å²) in [5, 5.41) is 0. The van der Waals surface area contributed by atoms with Gasteiger partial charge in [-0.2, -0.15) is 0 Å². The summed E-state index contributed by atoms with van der Waals surface area (Å²) in [4.78, 5) is 6.34. The molecule has 0 N–H and O–H groups in total. The van der Waals surface area contributed by atoms with Crippen LogP contribution in [0.2, 0.25) is 0 Å². The second-order valence-electron chi connectivity index (χ2n) is 9.30. The molecule has 0 spiro atoms. The van der Waals surface area contributed by atoms with Crippen LogP contribution < -0.4 is 0 Å². The fourth-order valence-electron chi connectivity index (χ4n) is 3.84. The molecular formula is C22H35N3OS. The average Bonchev–Trinajstić information content (AvgIpc) is 2.93. The highest BCUT2D eigenvalue weighted by molar-refractivity contribution is 7.97. The highest BCUT2D eigenvalue weighted by atomic mass is 32.2. The number of hydrogen-bond donors (Lipinski definition) is 0. The zero-order valence-electron chi connectivity index (χ0n) is 17.8. The normalized spacial score (nSPS) is 16.7. The first-order valence-corrected chi connectivity index (χ1v) is 11.0. The first-order chi connectivity index (χ1) is 12.7. The number of nitrogens with zero attached hydrogens (tertiary/aromatic N) is 3. The van der Waals surface area contributed by atoms with Crippen LogP contribution in [0.1, 0.15) is 53.3 Å². The first kappa shape index (κ1) is 20.7. The largest absolute Gasteiger partial charge is 0.381 e. The van der Waals surface area contributed by atoms with Crippen LogP contribution in [-0.4, -0.2) is 40.7 Å². The molecule has 0 radical (unpaired) electrons. The van der Waals surface area contributed by atoms with E-state index in [1.807, 2.05) is 11.9 Å². The lowest BCUT2D eigenvalue weighted by molar-refractivity contribution is 0.0611. The number of fused-ring (bicyclic) bond motifs is 1. The number of imidazole rings is 1. The summed E-state index contributed by atoms with van der Waals surface area (Å²) in [6, 6.07) is 6.77. The van der Waals surface area contributed by atoms with Crippen LogP contribution in [0.15, 0.2) is 23.1 Å². The summed E-state index contributed by atoms with van der Waals surface area (Å²) >= 11 is 1.81. The molecule has 150 valence electrons. The number of benzene rings is 1. The summed E-state index contributed by atoms with van der Waals surface area (Å²) < 4.78 is 10.3. The predicted octanol–water partition coefficient (Wildman–Crippen LogP) is 5.36. The van der Waals surface area contributed by atoms with E-state index in [9.17, 15) is 0 Å². The van der Waals surface area contributed by atoms with Gasteiger partial charge in [0.05, 0.1) is 11.0 Å². The topological polar surface area (TPSA) is 30.3 Å². The Morgan fingerprint density at radius 2 is 1.96 bits per heavy atom. The maximum atomic E-state index is 5.55. The van der Waals surface area contributed by atoms with Gasteiger partial charge in [-0.25, -0.2) is 9.29 Å². The van der Waals surface area contributed by atoms with Crippen molar-refractivity contribution in [3.8, 4) is 0 Å². The van der Waals surface area contributed by atoms with Crippen molar-refractivity contribution < 1.29 is 4.74 Å². The molecule has 1 aromatic carbocycles. The molecule has 0 bridgehead atoms. The van der Waals surface area contributed by atoms with Crippen molar-refractivity contribution in [3.63, 3.8) is 0 Å². The monoisotopic (exact) mass is 389 g/mol. The number of aromatic nitrogens is 2. The molecule has 3 rings (SSSR count). The summed E-state index contributed by atoms with van der Waals surface area (Å²) in [5.74, 6) is 2.54. The minimum absolute atomic E-state index is 0.0337. The van der Waals surface area contributed by atoms with Crippen molar-refractivity contribution in [2.24, 2.45) is 11.8 Å². The van der Waals surface area contributed by atoms with E-state index in [-0.39, 0.29) is 5.41 Å². The summed E-state index contributed by atoms with van der Waals surface area (Å²) in [6.07, 6.45) is 2.30. The molecule has 1 saturated heterocycles. The van der Waals surface area contributed by atoms with Gasteiger partial charge < -0.3 is 9.30 Å². The van der Waals surface area contributed by atoms with Crippen LogP contribution in [0.5, 0.6) is 0 Å². The fourth-order valence-corrected chi connectivity index (χ4v) is 4.87. The van der Waals surface area contributed by atoms with E-state index in [4.69, 9.17) is 9.72 Å². The fraction of sp³-hybridized carbons (Fsp3) is 0.682. The van der Waals surface area contributed by atoms with E-state index in [0.717, 1.165) is 44.7 Å². The molecule has 2 aromatic rings. The Labute approximate surface area is 168 Å². The van der Waals surface area contributed by atoms with Crippen molar-refractivity contribution in [2.45, 2.75) is 64.3 Å². The quantitative estimate of drug-likeness (QED) is 0.623. The zero-order chi connectivity index (χ0) is 19.6. The van der Waals surface area contributed by atoms with Crippen LogP contribution in [0.4, 0.5) is 0 Å². The molecule has 2 heterocycles. The van der Waals surface area contributed by atoms with Crippen molar-refractivity contribution in [3.05, 3.63) is 24.0 Å². The molecule has 0 saturated carbocycles. The van der Waals surface area contributed by atoms with Crippen LogP contribution in [0.3, 0.4) is 0 Å². The summed E-state index contributed by atoms with van der Waals surface area (Å²) in [6.45, 7) is 15.2. The molecule has 4 nitrogen and oxygen atoms in total. The maximum absolute atomic E-state index is 5.55. The SMILES string of the molecule is CC(C)CN(C)Sc1ccc2c(c1)nc(C(C)(C)C)n2CC1CCOCC1.